The summed E-state index contributed by atoms with van der Waals surface area (Å²) in [5.74, 6) is -0.338. The molecule has 4 nitrogen and oxygen atoms in total. The lowest BCUT2D eigenvalue weighted by Gasteiger charge is -2.16. The minimum Gasteiger partial charge on any atom is -0.497 e. The largest absolute Gasteiger partial charge is 0.497 e. The van der Waals surface area contributed by atoms with Gasteiger partial charge in [-0.3, -0.25) is 4.79 Å². The molecule has 94 valence electrons. The third kappa shape index (κ3) is 4.07. The molecular weight excluding hydrogens is 218 g/mol. The van der Waals surface area contributed by atoms with E-state index in [4.69, 9.17) is 9.84 Å². The normalized spacial score (nSPS) is 14.1. The Hall–Kier alpha value is -1.55. The second kappa shape index (κ2) is 6.25. The lowest BCUT2D eigenvalue weighted by molar-refractivity contribution is -0.140. The van der Waals surface area contributed by atoms with Crippen LogP contribution in [0.3, 0.4) is 0 Å². The zero-order valence-corrected chi connectivity index (χ0v) is 10.4. The molecule has 4 heteroatoms. The summed E-state index contributed by atoms with van der Waals surface area (Å²) in [4.78, 5) is 10.7. The van der Waals surface area contributed by atoms with Crippen LogP contribution in [0, 0.1) is 5.92 Å². The minimum atomic E-state index is -0.778. The van der Waals surface area contributed by atoms with Gasteiger partial charge in [0.25, 0.3) is 0 Å². The molecule has 1 aromatic carbocycles. The van der Waals surface area contributed by atoms with Crippen molar-refractivity contribution in [3.63, 3.8) is 0 Å². The maximum absolute atomic E-state index is 10.7. The Morgan fingerprint density at radius 3 is 2.41 bits per heavy atom. The van der Waals surface area contributed by atoms with E-state index in [0.717, 1.165) is 11.3 Å². The van der Waals surface area contributed by atoms with E-state index in [1.54, 1.807) is 14.0 Å². The van der Waals surface area contributed by atoms with E-state index in [2.05, 4.69) is 5.32 Å². The predicted molar refractivity (Wildman–Crippen MR) is 66.2 cm³/mol. The Bertz CT molecular complexity index is 361. The monoisotopic (exact) mass is 237 g/mol. The number of carboxylic acid groups (broad SMARTS) is 1. The van der Waals surface area contributed by atoms with Crippen LogP contribution in [0.25, 0.3) is 0 Å². The summed E-state index contributed by atoms with van der Waals surface area (Å²) in [5, 5.41) is 12.0. The van der Waals surface area contributed by atoms with Gasteiger partial charge in [0.1, 0.15) is 5.75 Å². The zero-order chi connectivity index (χ0) is 12.8. The van der Waals surface area contributed by atoms with Gasteiger partial charge in [-0.25, -0.2) is 0 Å². The van der Waals surface area contributed by atoms with Crippen molar-refractivity contribution in [3.8, 4) is 5.75 Å². The van der Waals surface area contributed by atoms with Crippen molar-refractivity contribution in [2.45, 2.75) is 19.9 Å². The van der Waals surface area contributed by atoms with Crippen LogP contribution in [0.4, 0.5) is 0 Å². The standard InChI is InChI=1S/C13H19NO3/c1-9(13(15)16)8-14-10(2)11-4-6-12(17-3)7-5-11/h4-7,9-10,14H,8H2,1-3H3,(H,15,16)/t9?,10-/m0/s1. The first-order valence-electron chi connectivity index (χ1n) is 5.64. The van der Waals surface area contributed by atoms with Gasteiger partial charge in [-0.15, -0.1) is 0 Å². The SMILES string of the molecule is COc1ccc([C@H](C)NCC(C)C(=O)O)cc1. The Labute approximate surface area is 102 Å². The van der Waals surface area contributed by atoms with Crippen LogP contribution in [0.2, 0.25) is 0 Å². The smallest absolute Gasteiger partial charge is 0.307 e. The van der Waals surface area contributed by atoms with Crippen molar-refractivity contribution in [3.05, 3.63) is 29.8 Å². The number of methoxy groups -OCH3 is 1. The van der Waals surface area contributed by atoms with E-state index < -0.39 is 5.97 Å². The molecule has 0 saturated carbocycles. The maximum atomic E-state index is 10.7. The Morgan fingerprint density at radius 1 is 1.35 bits per heavy atom. The van der Waals surface area contributed by atoms with Gasteiger partial charge >= 0.3 is 5.97 Å². The molecule has 0 heterocycles. The summed E-state index contributed by atoms with van der Waals surface area (Å²) in [6.45, 7) is 4.16. The van der Waals surface area contributed by atoms with E-state index >= 15 is 0 Å². The summed E-state index contributed by atoms with van der Waals surface area (Å²) in [5.41, 5.74) is 1.11. The summed E-state index contributed by atoms with van der Waals surface area (Å²) in [7, 11) is 1.63. The van der Waals surface area contributed by atoms with Gasteiger partial charge in [-0.1, -0.05) is 19.1 Å². The molecule has 0 amide bonds. The van der Waals surface area contributed by atoms with Crippen LogP contribution in [0.5, 0.6) is 5.75 Å². The molecule has 2 N–H and O–H groups in total. The van der Waals surface area contributed by atoms with Gasteiger partial charge in [0.05, 0.1) is 13.0 Å². The topological polar surface area (TPSA) is 58.6 Å². The fourth-order valence-electron chi connectivity index (χ4n) is 1.45. The average Bonchev–Trinajstić information content (AvgIpc) is 2.35. The highest BCUT2D eigenvalue weighted by Gasteiger charge is 2.12. The molecule has 0 saturated heterocycles. The molecule has 1 aromatic rings. The molecule has 0 spiro atoms. The van der Waals surface area contributed by atoms with E-state index in [0.29, 0.717) is 6.54 Å². The highest BCUT2D eigenvalue weighted by molar-refractivity contribution is 5.69. The van der Waals surface area contributed by atoms with Gasteiger partial charge in [-0.2, -0.15) is 0 Å². The minimum absolute atomic E-state index is 0.128. The summed E-state index contributed by atoms with van der Waals surface area (Å²) < 4.78 is 5.08. The lowest BCUT2D eigenvalue weighted by atomic mass is 10.1. The van der Waals surface area contributed by atoms with Crippen molar-refractivity contribution in [2.75, 3.05) is 13.7 Å². The average molecular weight is 237 g/mol. The van der Waals surface area contributed by atoms with Crippen molar-refractivity contribution in [1.29, 1.82) is 0 Å². The third-order valence-electron chi connectivity index (χ3n) is 2.77. The molecule has 0 aliphatic carbocycles. The van der Waals surface area contributed by atoms with Gasteiger partial charge in [0, 0.05) is 12.6 Å². The fourth-order valence-corrected chi connectivity index (χ4v) is 1.45. The number of carboxylic acids is 1. The van der Waals surface area contributed by atoms with Crippen LogP contribution in [0.1, 0.15) is 25.5 Å². The molecular formula is C13H19NO3. The Morgan fingerprint density at radius 2 is 1.94 bits per heavy atom. The molecule has 2 atom stereocenters. The number of ether oxygens (including phenoxy) is 1. The number of benzene rings is 1. The number of hydrogen-bond donors (Lipinski definition) is 2. The highest BCUT2D eigenvalue weighted by atomic mass is 16.5. The Balaban J connectivity index is 2.51. The molecule has 0 aliphatic heterocycles. The first-order valence-corrected chi connectivity index (χ1v) is 5.64. The summed E-state index contributed by atoms with van der Waals surface area (Å²) in [6, 6.07) is 7.87. The molecule has 17 heavy (non-hydrogen) atoms. The van der Waals surface area contributed by atoms with Crippen LogP contribution in [0.15, 0.2) is 24.3 Å². The van der Waals surface area contributed by atoms with Crippen molar-refractivity contribution < 1.29 is 14.6 Å². The van der Waals surface area contributed by atoms with Crippen molar-refractivity contribution in [1.82, 2.24) is 5.32 Å². The van der Waals surface area contributed by atoms with Crippen LogP contribution in [-0.4, -0.2) is 24.7 Å². The quantitative estimate of drug-likeness (QED) is 0.795. The predicted octanol–water partition coefficient (Wildman–Crippen LogP) is 2.07. The van der Waals surface area contributed by atoms with E-state index in [9.17, 15) is 4.79 Å². The zero-order valence-electron chi connectivity index (χ0n) is 10.4. The Kier molecular flexibility index (Phi) is 4.97. The summed E-state index contributed by atoms with van der Waals surface area (Å²) >= 11 is 0. The van der Waals surface area contributed by atoms with Gasteiger partial charge in [0.15, 0.2) is 0 Å². The molecule has 1 unspecified atom stereocenters. The number of hydrogen-bond acceptors (Lipinski definition) is 3. The van der Waals surface area contributed by atoms with Crippen LogP contribution in [-0.2, 0) is 4.79 Å². The van der Waals surface area contributed by atoms with E-state index in [1.165, 1.54) is 0 Å². The number of aliphatic carboxylic acids is 1. The van der Waals surface area contributed by atoms with Gasteiger partial charge < -0.3 is 15.2 Å². The third-order valence-corrected chi connectivity index (χ3v) is 2.77. The fraction of sp³-hybridized carbons (Fsp3) is 0.462. The van der Waals surface area contributed by atoms with Crippen LogP contribution < -0.4 is 10.1 Å². The molecule has 0 aromatic heterocycles. The number of nitrogens with one attached hydrogen (secondary N) is 1. The lowest BCUT2D eigenvalue weighted by Crippen LogP contribution is -2.28. The molecule has 0 bridgehead atoms. The molecule has 0 aliphatic rings. The van der Waals surface area contributed by atoms with Gasteiger partial charge in [0.2, 0.25) is 0 Å². The molecule has 1 rings (SSSR count). The second-order valence-corrected chi connectivity index (χ2v) is 4.14. The number of rotatable bonds is 6. The highest BCUT2D eigenvalue weighted by Crippen LogP contribution is 2.17. The molecule has 0 fully saturated rings. The van der Waals surface area contributed by atoms with Crippen molar-refractivity contribution in [2.24, 2.45) is 5.92 Å². The van der Waals surface area contributed by atoms with Crippen LogP contribution >= 0.6 is 0 Å². The summed E-state index contributed by atoms with van der Waals surface area (Å²) in [6.07, 6.45) is 0. The maximum Gasteiger partial charge on any atom is 0.307 e. The molecule has 0 radical (unpaired) electrons. The van der Waals surface area contributed by atoms with E-state index in [1.807, 2.05) is 31.2 Å². The van der Waals surface area contributed by atoms with Gasteiger partial charge in [-0.05, 0) is 24.6 Å². The van der Waals surface area contributed by atoms with E-state index in [-0.39, 0.29) is 12.0 Å². The first kappa shape index (κ1) is 13.5. The number of carbonyl (C=O) groups is 1. The van der Waals surface area contributed by atoms with Crippen molar-refractivity contribution >= 4 is 5.97 Å². The second-order valence-electron chi connectivity index (χ2n) is 4.14. The first-order chi connectivity index (χ1) is 8.04.